The first-order valence-electron chi connectivity index (χ1n) is 5.14. The Kier molecular flexibility index (Phi) is 2.51. The largest absolute Gasteiger partial charge is 0.536 e. The maximum atomic E-state index is 9.31. The molecule has 2 nitrogen and oxygen atoms in total. The average molecular weight is 190 g/mol. The summed E-state index contributed by atoms with van der Waals surface area (Å²) in [5, 5.41) is 9.31. The molecule has 0 atom stereocenters. The zero-order chi connectivity index (χ0) is 10.1. The fourth-order valence-electron chi connectivity index (χ4n) is 1.75. The first-order valence-corrected chi connectivity index (χ1v) is 5.14. The van der Waals surface area contributed by atoms with Gasteiger partial charge in [0.1, 0.15) is 5.75 Å². The number of hydrogen-bond acceptors (Lipinski definition) is 2. The number of hydrogen-bond donors (Lipinski definition) is 1. The van der Waals surface area contributed by atoms with Crippen LogP contribution in [0.25, 0.3) is 0 Å². The molecule has 1 aliphatic rings. The average Bonchev–Trinajstić information content (AvgIpc) is 2.16. The smallest absolute Gasteiger partial charge is 0.522 e. The standard InChI is InChI=1S/C11H15BO2/c1-8(2)9-3-4-11-10(7-9)5-6-12(13)14-11/h3-4,7-8,13H,5-6H2,1-2H3. The Bertz CT molecular complexity index is 336. The molecule has 14 heavy (non-hydrogen) atoms. The minimum absolute atomic E-state index is 0.548. The second-order valence-corrected chi connectivity index (χ2v) is 4.13. The summed E-state index contributed by atoms with van der Waals surface area (Å²) in [4.78, 5) is 0. The zero-order valence-electron chi connectivity index (χ0n) is 8.66. The van der Waals surface area contributed by atoms with Gasteiger partial charge in [0.25, 0.3) is 0 Å². The first-order chi connectivity index (χ1) is 6.66. The molecule has 0 aromatic heterocycles. The molecule has 1 aromatic rings. The Morgan fingerprint density at radius 1 is 1.43 bits per heavy atom. The van der Waals surface area contributed by atoms with Crippen LogP contribution in [0.3, 0.4) is 0 Å². The molecule has 0 fully saturated rings. The Morgan fingerprint density at radius 2 is 2.21 bits per heavy atom. The van der Waals surface area contributed by atoms with E-state index in [0.717, 1.165) is 12.2 Å². The van der Waals surface area contributed by atoms with Crippen molar-refractivity contribution in [2.75, 3.05) is 0 Å². The number of benzene rings is 1. The van der Waals surface area contributed by atoms with E-state index in [1.807, 2.05) is 6.07 Å². The molecule has 1 N–H and O–H groups in total. The molecule has 3 heteroatoms. The lowest BCUT2D eigenvalue weighted by Gasteiger charge is -2.20. The molecule has 0 radical (unpaired) electrons. The van der Waals surface area contributed by atoms with E-state index in [1.165, 1.54) is 11.1 Å². The maximum absolute atomic E-state index is 9.31. The first kappa shape index (κ1) is 9.59. The van der Waals surface area contributed by atoms with Crippen molar-refractivity contribution in [3.8, 4) is 5.75 Å². The van der Waals surface area contributed by atoms with Crippen LogP contribution in [0.15, 0.2) is 18.2 Å². The van der Waals surface area contributed by atoms with E-state index >= 15 is 0 Å². The van der Waals surface area contributed by atoms with Crippen LogP contribution in [0.2, 0.25) is 6.32 Å². The highest BCUT2D eigenvalue weighted by Gasteiger charge is 2.23. The third kappa shape index (κ3) is 1.78. The van der Waals surface area contributed by atoms with Gasteiger partial charge in [-0.3, -0.25) is 0 Å². The molecular weight excluding hydrogens is 175 g/mol. The van der Waals surface area contributed by atoms with Gasteiger partial charge in [0.15, 0.2) is 0 Å². The van der Waals surface area contributed by atoms with Gasteiger partial charge in [0, 0.05) is 0 Å². The molecule has 0 bridgehead atoms. The van der Waals surface area contributed by atoms with Crippen molar-refractivity contribution in [1.29, 1.82) is 0 Å². The number of rotatable bonds is 1. The van der Waals surface area contributed by atoms with Gasteiger partial charge in [-0.1, -0.05) is 26.0 Å². The molecule has 0 aliphatic carbocycles. The summed E-state index contributed by atoms with van der Waals surface area (Å²) in [6.45, 7) is 4.36. The molecular formula is C11H15BO2. The van der Waals surface area contributed by atoms with Crippen molar-refractivity contribution >= 4 is 7.12 Å². The maximum Gasteiger partial charge on any atom is 0.522 e. The fraction of sp³-hybridized carbons (Fsp3) is 0.455. The van der Waals surface area contributed by atoms with Crippen molar-refractivity contribution in [3.63, 3.8) is 0 Å². The van der Waals surface area contributed by atoms with Crippen LogP contribution in [0.4, 0.5) is 0 Å². The molecule has 0 saturated heterocycles. The van der Waals surface area contributed by atoms with E-state index in [0.29, 0.717) is 12.2 Å². The quantitative estimate of drug-likeness (QED) is 0.688. The van der Waals surface area contributed by atoms with Crippen molar-refractivity contribution in [2.24, 2.45) is 0 Å². The van der Waals surface area contributed by atoms with E-state index in [9.17, 15) is 5.02 Å². The molecule has 1 aliphatic heterocycles. The minimum atomic E-state index is -0.618. The Morgan fingerprint density at radius 3 is 2.93 bits per heavy atom. The van der Waals surface area contributed by atoms with Gasteiger partial charge < -0.3 is 9.68 Å². The SMILES string of the molecule is CC(C)c1ccc2c(c1)CCB(O)O2. The summed E-state index contributed by atoms with van der Waals surface area (Å²) < 4.78 is 5.32. The van der Waals surface area contributed by atoms with Gasteiger partial charge in [-0.15, -0.1) is 0 Å². The van der Waals surface area contributed by atoms with E-state index < -0.39 is 7.12 Å². The summed E-state index contributed by atoms with van der Waals surface area (Å²) in [5.74, 6) is 1.39. The van der Waals surface area contributed by atoms with Gasteiger partial charge in [0.05, 0.1) is 0 Å². The van der Waals surface area contributed by atoms with Crippen LogP contribution in [0.5, 0.6) is 5.75 Å². The number of aryl methyl sites for hydroxylation is 1. The highest BCUT2D eigenvalue weighted by molar-refractivity contribution is 6.44. The fourth-order valence-corrected chi connectivity index (χ4v) is 1.75. The molecule has 1 heterocycles. The lowest BCUT2D eigenvalue weighted by Crippen LogP contribution is -2.26. The zero-order valence-corrected chi connectivity index (χ0v) is 8.66. The third-order valence-corrected chi connectivity index (χ3v) is 2.67. The predicted molar refractivity (Wildman–Crippen MR) is 57.6 cm³/mol. The Hall–Kier alpha value is -0.955. The molecule has 0 unspecified atom stereocenters. The Balaban J connectivity index is 2.31. The van der Waals surface area contributed by atoms with Crippen molar-refractivity contribution in [2.45, 2.75) is 32.5 Å². The molecule has 1 aromatic carbocycles. The summed E-state index contributed by atoms with van der Waals surface area (Å²) in [7, 11) is -0.618. The third-order valence-electron chi connectivity index (χ3n) is 2.67. The summed E-state index contributed by atoms with van der Waals surface area (Å²) >= 11 is 0. The summed E-state index contributed by atoms with van der Waals surface area (Å²) in [6, 6.07) is 6.22. The molecule has 2 rings (SSSR count). The topological polar surface area (TPSA) is 29.5 Å². The van der Waals surface area contributed by atoms with Crippen LogP contribution in [-0.2, 0) is 6.42 Å². The molecule has 0 spiro atoms. The van der Waals surface area contributed by atoms with E-state index in [2.05, 4.69) is 26.0 Å². The highest BCUT2D eigenvalue weighted by atomic mass is 16.5. The van der Waals surface area contributed by atoms with Gasteiger partial charge >= 0.3 is 7.12 Å². The van der Waals surface area contributed by atoms with E-state index in [-0.39, 0.29) is 0 Å². The van der Waals surface area contributed by atoms with E-state index in [4.69, 9.17) is 4.65 Å². The van der Waals surface area contributed by atoms with Crippen molar-refractivity contribution < 1.29 is 9.68 Å². The van der Waals surface area contributed by atoms with Crippen molar-refractivity contribution in [1.82, 2.24) is 0 Å². The van der Waals surface area contributed by atoms with Gasteiger partial charge in [-0.25, -0.2) is 0 Å². The van der Waals surface area contributed by atoms with E-state index in [1.54, 1.807) is 0 Å². The Labute approximate surface area is 85.1 Å². The molecule has 0 amide bonds. The van der Waals surface area contributed by atoms with Gasteiger partial charge in [-0.2, -0.15) is 0 Å². The van der Waals surface area contributed by atoms with Gasteiger partial charge in [-0.05, 0) is 35.9 Å². The summed E-state index contributed by atoms with van der Waals surface area (Å²) in [5.41, 5.74) is 2.56. The lowest BCUT2D eigenvalue weighted by atomic mass is 9.78. The predicted octanol–water partition coefficient (Wildman–Crippen LogP) is 2.23. The van der Waals surface area contributed by atoms with Crippen LogP contribution < -0.4 is 4.65 Å². The van der Waals surface area contributed by atoms with Crippen LogP contribution in [0, 0.1) is 0 Å². The van der Waals surface area contributed by atoms with Gasteiger partial charge in [0.2, 0.25) is 0 Å². The minimum Gasteiger partial charge on any atom is -0.536 e. The van der Waals surface area contributed by atoms with Crippen LogP contribution in [-0.4, -0.2) is 12.1 Å². The molecule has 0 saturated carbocycles. The van der Waals surface area contributed by atoms with Crippen molar-refractivity contribution in [3.05, 3.63) is 29.3 Å². The molecule has 74 valence electrons. The second kappa shape index (κ2) is 3.66. The highest BCUT2D eigenvalue weighted by Crippen LogP contribution is 2.29. The number of fused-ring (bicyclic) bond motifs is 1. The monoisotopic (exact) mass is 190 g/mol. The normalized spacial score (nSPS) is 15.3. The summed E-state index contributed by atoms with van der Waals surface area (Å²) in [6.07, 6.45) is 1.62. The van der Waals surface area contributed by atoms with Crippen LogP contribution in [0.1, 0.15) is 30.9 Å². The lowest BCUT2D eigenvalue weighted by molar-refractivity contribution is 0.399. The van der Waals surface area contributed by atoms with Crippen LogP contribution >= 0.6 is 0 Å². The second-order valence-electron chi connectivity index (χ2n) is 4.13.